The van der Waals surface area contributed by atoms with E-state index >= 15 is 0 Å². The molecule has 0 unspecified atom stereocenters. The highest BCUT2D eigenvalue weighted by atomic mass is 79.9. The molecule has 1 N–H and O–H groups in total. The maximum Gasteiger partial charge on any atom is 0.120 e. The number of ether oxygens (including phenoxy) is 1. The molecule has 0 saturated heterocycles. The van der Waals surface area contributed by atoms with Gasteiger partial charge in [0.15, 0.2) is 0 Å². The number of halogens is 1. The molecule has 1 aromatic carbocycles. The lowest BCUT2D eigenvalue weighted by Crippen LogP contribution is -2.23. The third-order valence-electron chi connectivity index (χ3n) is 2.66. The normalized spacial score (nSPS) is 10.4. The van der Waals surface area contributed by atoms with Crippen molar-refractivity contribution in [2.24, 2.45) is 0 Å². The Morgan fingerprint density at radius 3 is 2.89 bits per heavy atom. The third-order valence-corrected chi connectivity index (χ3v) is 3.15. The summed E-state index contributed by atoms with van der Waals surface area (Å²) in [4.78, 5) is 4.09. The van der Waals surface area contributed by atoms with Crippen LogP contribution in [0.4, 0.5) is 0 Å². The Bertz CT molecular complexity index is 491. The number of hydrogen-bond donors (Lipinski definition) is 1. The quantitative estimate of drug-likeness (QED) is 0.796. The highest BCUT2D eigenvalue weighted by Gasteiger charge is 1.95. The predicted molar refractivity (Wildman–Crippen MR) is 80.4 cm³/mol. The largest absolute Gasteiger partial charge is 0.492 e. The van der Waals surface area contributed by atoms with E-state index < -0.39 is 0 Å². The first-order valence-electron chi connectivity index (χ1n) is 6.32. The average Bonchev–Trinajstić information content (AvgIpc) is 2.44. The Labute approximate surface area is 122 Å². The fourth-order valence-electron chi connectivity index (χ4n) is 1.70. The van der Waals surface area contributed by atoms with Crippen molar-refractivity contribution >= 4 is 15.9 Å². The molecule has 0 spiro atoms. The predicted octanol–water partition coefficient (Wildman–Crippen LogP) is 3.06. The maximum atomic E-state index is 5.63. The van der Waals surface area contributed by atoms with E-state index in [1.165, 1.54) is 5.56 Å². The SMILES string of the molecule is Brc1cccc(OCCNCCc2cccnc2)c1. The van der Waals surface area contributed by atoms with Gasteiger partial charge in [-0.3, -0.25) is 4.98 Å². The molecule has 0 aliphatic carbocycles. The molecule has 3 nitrogen and oxygen atoms in total. The van der Waals surface area contributed by atoms with Crippen molar-refractivity contribution in [1.29, 1.82) is 0 Å². The lowest BCUT2D eigenvalue weighted by molar-refractivity contribution is 0.314. The van der Waals surface area contributed by atoms with Gasteiger partial charge in [-0.2, -0.15) is 0 Å². The van der Waals surface area contributed by atoms with Crippen LogP contribution < -0.4 is 10.1 Å². The summed E-state index contributed by atoms with van der Waals surface area (Å²) in [6.07, 6.45) is 4.69. The van der Waals surface area contributed by atoms with Gasteiger partial charge in [0, 0.05) is 23.4 Å². The van der Waals surface area contributed by atoms with Crippen LogP contribution in [0.25, 0.3) is 0 Å². The Morgan fingerprint density at radius 1 is 1.16 bits per heavy atom. The van der Waals surface area contributed by atoms with Crippen LogP contribution in [0.1, 0.15) is 5.56 Å². The van der Waals surface area contributed by atoms with Crippen molar-refractivity contribution in [1.82, 2.24) is 10.3 Å². The summed E-state index contributed by atoms with van der Waals surface area (Å²) in [6.45, 7) is 2.45. The number of nitrogens with zero attached hydrogens (tertiary/aromatic N) is 1. The number of rotatable bonds is 7. The molecule has 0 aliphatic heterocycles. The zero-order valence-electron chi connectivity index (χ0n) is 10.7. The highest BCUT2D eigenvalue weighted by Crippen LogP contribution is 2.17. The van der Waals surface area contributed by atoms with Crippen LogP contribution in [0.5, 0.6) is 5.75 Å². The van der Waals surface area contributed by atoms with E-state index in [-0.39, 0.29) is 0 Å². The molecule has 0 aliphatic rings. The minimum atomic E-state index is 0.670. The molecule has 0 fully saturated rings. The zero-order valence-corrected chi connectivity index (χ0v) is 12.3. The molecule has 0 amide bonds. The maximum absolute atomic E-state index is 5.63. The molecule has 2 aromatic rings. The first-order chi connectivity index (χ1) is 9.34. The van der Waals surface area contributed by atoms with E-state index in [4.69, 9.17) is 4.74 Å². The molecular formula is C15H17BrN2O. The van der Waals surface area contributed by atoms with Gasteiger partial charge >= 0.3 is 0 Å². The Kier molecular flexibility index (Phi) is 5.85. The van der Waals surface area contributed by atoms with Crippen LogP contribution in [-0.4, -0.2) is 24.7 Å². The van der Waals surface area contributed by atoms with Crippen molar-refractivity contribution in [2.75, 3.05) is 19.7 Å². The Balaban J connectivity index is 1.58. The molecular weight excluding hydrogens is 304 g/mol. The summed E-state index contributed by atoms with van der Waals surface area (Å²) in [5.74, 6) is 0.892. The number of benzene rings is 1. The van der Waals surface area contributed by atoms with E-state index in [9.17, 15) is 0 Å². The molecule has 2 rings (SSSR count). The van der Waals surface area contributed by atoms with Crippen molar-refractivity contribution in [3.05, 3.63) is 58.8 Å². The van der Waals surface area contributed by atoms with E-state index in [0.29, 0.717) is 6.61 Å². The minimum absolute atomic E-state index is 0.670. The molecule has 0 atom stereocenters. The van der Waals surface area contributed by atoms with Crippen LogP contribution in [0.15, 0.2) is 53.3 Å². The van der Waals surface area contributed by atoms with Gasteiger partial charge in [0.25, 0.3) is 0 Å². The summed E-state index contributed by atoms with van der Waals surface area (Å²) in [5, 5.41) is 3.35. The Morgan fingerprint density at radius 2 is 2.11 bits per heavy atom. The van der Waals surface area contributed by atoms with E-state index in [0.717, 1.165) is 29.7 Å². The lowest BCUT2D eigenvalue weighted by Gasteiger charge is -2.07. The smallest absolute Gasteiger partial charge is 0.120 e. The number of hydrogen-bond acceptors (Lipinski definition) is 3. The first-order valence-corrected chi connectivity index (χ1v) is 7.12. The fraction of sp³-hybridized carbons (Fsp3) is 0.267. The van der Waals surface area contributed by atoms with E-state index in [1.807, 2.05) is 36.5 Å². The van der Waals surface area contributed by atoms with Crippen LogP contribution in [0.2, 0.25) is 0 Å². The average molecular weight is 321 g/mol. The summed E-state index contributed by atoms with van der Waals surface area (Å²) >= 11 is 3.42. The molecule has 0 saturated carbocycles. The van der Waals surface area contributed by atoms with Crippen molar-refractivity contribution in [3.63, 3.8) is 0 Å². The second kappa shape index (κ2) is 7.92. The summed E-state index contributed by atoms with van der Waals surface area (Å²) in [5.41, 5.74) is 1.25. The molecule has 0 radical (unpaired) electrons. The van der Waals surface area contributed by atoms with Crippen molar-refractivity contribution in [3.8, 4) is 5.75 Å². The number of pyridine rings is 1. The van der Waals surface area contributed by atoms with Crippen molar-refractivity contribution < 1.29 is 4.74 Å². The van der Waals surface area contributed by atoms with Gasteiger partial charge in [-0.05, 0) is 42.8 Å². The van der Waals surface area contributed by atoms with Gasteiger partial charge in [-0.1, -0.05) is 28.1 Å². The van der Waals surface area contributed by atoms with Gasteiger partial charge in [0.1, 0.15) is 12.4 Å². The highest BCUT2D eigenvalue weighted by molar-refractivity contribution is 9.10. The molecule has 4 heteroatoms. The van der Waals surface area contributed by atoms with Gasteiger partial charge in [0.2, 0.25) is 0 Å². The van der Waals surface area contributed by atoms with Crippen LogP contribution in [0, 0.1) is 0 Å². The molecule has 100 valence electrons. The second-order valence-corrected chi connectivity index (χ2v) is 5.08. The van der Waals surface area contributed by atoms with Crippen LogP contribution in [-0.2, 0) is 6.42 Å². The van der Waals surface area contributed by atoms with Gasteiger partial charge in [-0.25, -0.2) is 0 Å². The monoisotopic (exact) mass is 320 g/mol. The van der Waals surface area contributed by atoms with Crippen LogP contribution in [0.3, 0.4) is 0 Å². The molecule has 1 heterocycles. The number of aromatic nitrogens is 1. The van der Waals surface area contributed by atoms with Gasteiger partial charge < -0.3 is 10.1 Å². The van der Waals surface area contributed by atoms with E-state index in [1.54, 1.807) is 6.20 Å². The molecule has 0 bridgehead atoms. The van der Waals surface area contributed by atoms with Crippen molar-refractivity contribution in [2.45, 2.75) is 6.42 Å². The standard InChI is InChI=1S/C15H17BrN2O/c16-14-4-1-5-15(11-14)19-10-9-17-8-6-13-3-2-7-18-12-13/h1-5,7,11-12,17H,6,8-10H2. The fourth-order valence-corrected chi connectivity index (χ4v) is 2.08. The van der Waals surface area contributed by atoms with Crippen LogP contribution >= 0.6 is 15.9 Å². The van der Waals surface area contributed by atoms with Gasteiger partial charge in [-0.15, -0.1) is 0 Å². The van der Waals surface area contributed by atoms with E-state index in [2.05, 4.69) is 32.3 Å². The lowest BCUT2D eigenvalue weighted by atomic mass is 10.2. The first kappa shape index (κ1) is 14.0. The molecule has 1 aromatic heterocycles. The summed E-state index contributed by atoms with van der Waals surface area (Å²) in [7, 11) is 0. The Hall–Kier alpha value is -1.39. The minimum Gasteiger partial charge on any atom is -0.492 e. The van der Waals surface area contributed by atoms with Gasteiger partial charge in [0.05, 0.1) is 0 Å². The number of nitrogens with one attached hydrogen (secondary N) is 1. The zero-order chi connectivity index (χ0) is 13.3. The summed E-state index contributed by atoms with van der Waals surface area (Å²) in [6, 6.07) is 11.9. The second-order valence-electron chi connectivity index (χ2n) is 4.17. The molecule has 19 heavy (non-hydrogen) atoms. The summed E-state index contributed by atoms with van der Waals surface area (Å²) < 4.78 is 6.67. The topological polar surface area (TPSA) is 34.1 Å². The third kappa shape index (κ3) is 5.41.